The molecule has 0 radical (unpaired) electrons. The second-order valence-corrected chi connectivity index (χ2v) is 3.30. The molecule has 68 valence electrons. The van der Waals surface area contributed by atoms with Crippen molar-refractivity contribution in [1.82, 2.24) is 0 Å². The van der Waals surface area contributed by atoms with Gasteiger partial charge in [0, 0.05) is 12.1 Å². The third-order valence-corrected chi connectivity index (χ3v) is 2.29. The number of rotatable bonds is 0. The summed E-state index contributed by atoms with van der Waals surface area (Å²) >= 11 is 0. The Morgan fingerprint density at radius 1 is 1.42 bits per heavy atom. The van der Waals surface area contributed by atoms with E-state index in [2.05, 4.69) is 4.99 Å². The fourth-order valence-electron chi connectivity index (χ4n) is 1.75. The summed E-state index contributed by atoms with van der Waals surface area (Å²) in [5.41, 5.74) is 6.85. The lowest BCUT2D eigenvalue weighted by Crippen LogP contribution is -2.52. The molecule has 2 aliphatic rings. The number of ether oxygens (including phenoxy) is 2. The lowest BCUT2D eigenvalue weighted by molar-refractivity contribution is -0.146. The first kappa shape index (κ1) is 8.16. The lowest BCUT2D eigenvalue weighted by atomic mass is 10.0. The van der Waals surface area contributed by atoms with Gasteiger partial charge in [0.15, 0.2) is 0 Å². The molecule has 1 fully saturated rings. The number of nitrogens with zero attached hydrogens (tertiary/aromatic N) is 1. The van der Waals surface area contributed by atoms with Crippen molar-refractivity contribution in [2.24, 2.45) is 10.7 Å². The maximum Gasteiger partial charge on any atom is 0.126 e. The van der Waals surface area contributed by atoms with Gasteiger partial charge in [0.2, 0.25) is 0 Å². The van der Waals surface area contributed by atoms with Crippen molar-refractivity contribution in [3.63, 3.8) is 0 Å². The minimum absolute atomic E-state index is 0.0255. The van der Waals surface area contributed by atoms with E-state index in [4.69, 9.17) is 15.2 Å². The number of fused-ring (bicyclic) bond motifs is 1. The third-order valence-electron chi connectivity index (χ3n) is 2.29. The van der Waals surface area contributed by atoms with E-state index in [0.717, 1.165) is 12.1 Å². The van der Waals surface area contributed by atoms with Crippen LogP contribution in [0.4, 0.5) is 0 Å². The van der Waals surface area contributed by atoms with Gasteiger partial charge < -0.3 is 15.2 Å². The summed E-state index contributed by atoms with van der Waals surface area (Å²) < 4.78 is 11.0. The molecule has 4 heteroatoms. The second kappa shape index (κ2) is 3.12. The summed E-state index contributed by atoms with van der Waals surface area (Å²) in [7, 11) is 0. The number of nitrogens with two attached hydrogens (primary N) is 1. The molecule has 0 aromatic carbocycles. The highest BCUT2D eigenvalue weighted by Crippen LogP contribution is 2.21. The molecular weight excluding hydrogens is 156 g/mol. The minimum atomic E-state index is -0.232. The molecule has 0 bridgehead atoms. The Hall–Kier alpha value is -0.450. The highest BCUT2D eigenvalue weighted by Gasteiger charge is 2.35. The largest absolute Gasteiger partial charge is 0.373 e. The van der Waals surface area contributed by atoms with Crippen molar-refractivity contribution >= 4 is 5.71 Å². The van der Waals surface area contributed by atoms with Crippen LogP contribution in [0.3, 0.4) is 0 Å². The Morgan fingerprint density at radius 2 is 2.17 bits per heavy atom. The second-order valence-electron chi connectivity index (χ2n) is 3.30. The van der Waals surface area contributed by atoms with Crippen molar-refractivity contribution in [3.05, 3.63) is 0 Å². The van der Waals surface area contributed by atoms with Gasteiger partial charge in [-0.05, 0) is 6.92 Å². The molecular formula is C8H14N2O2. The first-order valence-electron chi connectivity index (χ1n) is 4.29. The normalized spacial score (nSPS) is 41.8. The average Bonchev–Trinajstić information content (AvgIpc) is 2.04. The van der Waals surface area contributed by atoms with Crippen LogP contribution in [0.15, 0.2) is 4.99 Å². The minimum Gasteiger partial charge on any atom is -0.373 e. The van der Waals surface area contributed by atoms with Gasteiger partial charge in [-0.2, -0.15) is 0 Å². The molecule has 0 amide bonds. The molecule has 2 aliphatic heterocycles. The first-order valence-corrected chi connectivity index (χ1v) is 4.29. The van der Waals surface area contributed by atoms with E-state index in [1.165, 1.54) is 0 Å². The molecule has 0 saturated carbocycles. The summed E-state index contributed by atoms with van der Waals surface area (Å²) in [6.45, 7) is 3.30. The quantitative estimate of drug-likeness (QED) is 0.553. The predicted octanol–water partition coefficient (Wildman–Crippen LogP) is -0.0802. The van der Waals surface area contributed by atoms with Crippen molar-refractivity contribution in [3.8, 4) is 0 Å². The summed E-state index contributed by atoms with van der Waals surface area (Å²) in [5, 5.41) is 0. The maximum atomic E-state index is 5.79. The monoisotopic (exact) mass is 170 g/mol. The van der Waals surface area contributed by atoms with Crippen LogP contribution in [0.5, 0.6) is 0 Å². The molecule has 0 spiro atoms. The van der Waals surface area contributed by atoms with Crippen molar-refractivity contribution in [2.45, 2.75) is 31.7 Å². The average molecular weight is 170 g/mol. The van der Waals surface area contributed by atoms with Crippen LogP contribution in [-0.2, 0) is 9.47 Å². The van der Waals surface area contributed by atoms with E-state index in [1.807, 2.05) is 6.92 Å². The van der Waals surface area contributed by atoms with Gasteiger partial charge in [0.25, 0.3) is 0 Å². The molecule has 0 aliphatic carbocycles. The van der Waals surface area contributed by atoms with Gasteiger partial charge >= 0.3 is 0 Å². The van der Waals surface area contributed by atoms with E-state index < -0.39 is 0 Å². The van der Waals surface area contributed by atoms with E-state index in [1.54, 1.807) is 0 Å². The van der Waals surface area contributed by atoms with Gasteiger partial charge in [-0.15, -0.1) is 0 Å². The Balaban J connectivity index is 2.12. The van der Waals surface area contributed by atoms with Crippen LogP contribution in [0.1, 0.15) is 13.3 Å². The van der Waals surface area contributed by atoms with Crippen LogP contribution < -0.4 is 5.73 Å². The highest BCUT2D eigenvalue weighted by atomic mass is 16.6. The summed E-state index contributed by atoms with van der Waals surface area (Å²) in [4.78, 5) is 4.26. The highest BCUT2D eigenvalue weighted by molar-refractivity contribution is 5.83. The Labute approximate surface area is 71.7 Å². The van der Waals surface area contributed by atoms with Gasteiger partial charge in [-0.1, -0.05) is 0 Å². The van der Waals surface area contributed by atoms with E-state index in [-0.39, 0.29) is 18.4 Å². The summed E-state index contributed by atoms with van der Waals surface area (Å²) in [6, 6.07) is 0. The van der Waals surface area contributed by atoms with Crippen molar-refractivity contribution in [2.75, 3.05) is 13.2 Å². The standard InChI is InChI=1S/C8H14N2O2/c1-5-4-6-7(8(9)10-5)12-3-2-11-6/h6-8H,2-4,9H2,1H3. The molecule has 0 aromatic heterocycles. The van der Waals surface area contributed by atoms with Crippen LogP contribution in [0, 0.1) is 0 Å². The first-order chi connectivity index (χ1) is 5.77. The zero-order chi connectivity index (χ0) is 8.55. The fraction of sp³-hybridized carbons (Fsp3) is 0.875. The van der Waals surface area contributed by atoms with E-state index in [0.29, 0.717) is 13.2 Å². The topological polar surface area (TPSA) is 56.8 Å². The Morgan fingerprint density at radius 3 is 3.00 bits per heavy atom. The molecule has 2 rings (SSSR count). The van der Waals surface area contributed by atoms with Gasteiger partial charge in [0.1, 0.15) is 12.3 Å². The fourth-order valence-corrected chi connectivity index (χ4v) is 1.75. The predicted molar refractivity (Wildman–Crippen MR) is 45.2 cm³/mol. The van der Waals surface area contributed by atoms with E-state index in [9.17, 15) is 0 Å². The number of aliphatic imine (C=N–C) groups is 1. The molecule has 3 unspecified atom stereocenters. The van der Waals surface area contributed by atoms with Crippen LogP contribution in [-0.4, -0.2) is 37.3 Å². The third kappa shape index (κ3) is 1.37. The maximum absolute atomic E-state index is 5.79. The molecule has 1 saturated heterocycles. The van der Waals surface area contributed by atoms with Gasteiger partial charge in [0.05, 0.1) is 19.3 Å². The number of hydrogen-bond donors (Lipinski definition) is 1. The van der Waals surface area contributed by atoms with Crippen molar-refractivity contribution in [1.29, 1.82) is 0 Å². The Kier molecular flexibility index (Phi) is 2.12. The SMILES string of the molecule is CC1=NC(N)C2OCCOC2C1. The Bertz CT molecular complexity index is 205. The molecule has 0 aromatic rings. The van der Waals surface area contributed by atoms with Gasteiger partial charge in [-0.3, -0.25) is 4.99 Å². The van der Waals surface area contributed by atoms with Crippen LogP contribution in [0.25, 0.3) is 0 Å². The van der Waals surface area contributed by atoms with E-state index >= 15 is 0 Å². The molecule has 3 atom stereocenters. The smallest absolute Gasteiger partial charge is 0.126 e. The molecule has 4 nitrogen and oxygen atoms in total. The molecule has 2 N–H and O–H groups in total. The lowest BCUT2D eigenvalue weighted by Gasteiger charge is -2.37. The number of hydrogen-bond acceptors (Lipinski definition) is 4. The van der Waals surface area contributed by atoms with Crippen LogP contribution in [0.2, 0.25) is 0 Å². The zero-order valence-electron chi connectivity index (χ0n) is 7.19. The summed E-state index contributed by atoms with van der Waals surface area (Å²) in [5.74, 6) is 0. The molecule has 2 heterocycles. The van der Waals surface area contributed by atoms with Crippen molar-refractivity contribution < 1.29 is 9.47 Å². The van der Waals surface area contributed by atoms with Crippen LogP contribution >= 0.6 is 0 Å². The van der Waals surface area contributed by atoms with Gasteiger partial charge in [-0.25, -0.2) is 0 Å². The zero-order valence-corrected chi connectivity index (χ0v) is 7.19. The summed E-state index contributed by atoms with van der Waals surface area (Å²) in [6.07, 6.45) is 0.732. The molecule has 12 heavy (non-hydrogen) atoms.